The zero-order valence-corrected chi connectivity index (χ0v) is 12.2. The summed E-state index contributed by atoms with van der Waals surface area (Å²) in [6, 6.07) is 5.53. The molecule has 3 nitrogen and oxygen atoms in total. The van der Waals surface area contributed by atoms with Gasteiger partial charge >= 0.3 is 6.18 Å². The largest absolute Gasteiger partial charge is 0.416 e. The number of halogens is 3. The van der Waals surface area contributed by atoms with Crippen molar-refractivity contribution in [3.8, 4) is 0 Å². The van der Waals surface area contributed by atoms with E-state index >= 15 is 0 Å². The summed E-state index contributed by atoms with van der Waals surface area (Å²) >= 11 is 0. The van der Waals surface area contributed by atoms with Crippen LogP contribution in [-0.4, -0.2) is 29.9 Å². The number of amides is 1. The summed E-state index contributed by atoms with van der Waals surface area (Å²) < 4.78 is 39.0. The predicted molar refractivity (Wildman–Crippen MR) is 76.0 cm³/mol. The van der Waals surface area contributed by atoms with E-state index in [0.29, 0.717) is 13.0 Å². The molecule has 3 rings (SSSR count). The Morgan fingerprint density at radius 3 is 2.64 bits per heavy atom. The van der Waals surface area contributed by atoms with Crippen molar-refractivity contribution in [2.45, 2.75) is 38.0 Å². The molecular formula is C16H19F3N2O. The molecule has 0 spiro atoms. The molecule has 2 fully saturated rings. The summed E-state index contributed by atoms with van der Waals surface area (Å²) in [6.45, 7) is 1.42. The Morgan fingerprint density at radius 2 is 1.95 bits per heavy atom. The molecule has 1 heterocycles. The molecule has 0 unspecified atom stereocenters. The van der Waals surface area contributed by atoms with Crippen molar-refractivity contribution in [3.05, 3.63) is 35.4 Å². The van der Waals surface area contributed by atoms with E-state index in [1.807, 2.05) is 0 Å². The summed E-state index contributed by atoms with van der Waals surface area (Å²) in [4.78, 5) is 13.5. The van der Waals surface area contributed by atoms with Crippen molar-refractivity contribution in [1.29, 1.82) is 0 Å². The number of alkyl halides is 3. The van der Waals surface area contributed by atoms with Gasteiger partial charge in [-0.1, -0.05) is 18.2 Å². The molecule has 22 heavy (non-hydrogen) atoms. The summed E-state index contributed by atoms with van der Waals surface area (Å²) in [6.07, 6.45) is -1.55. The molecule has 0 aromatic heterocycles. The number of carbonyl (C=O) groups excluding carboxylic acids is 1. The Morgan fingerprint density at radius 1 is 1.23 bits per heavy atom. The zero-order valence-electron chi connectivity index (χ0n) is 12.2. The average Bonchev–Trinajstić information content (AvgIpc) is 3.21. The zero-order chi connectivity index (χ0) is 15.7. The molecule has 6 heteroatoms. The van der Waals surface area contributed by atoms with Crippen LogP contribution in [0.1, 0.15) is 30.4 Å². The maximum Gasteiger partial charge on any atom is 0.416 e. The molecule has 0 bridgehead atoms. The fourth-order valence-electron chi connectivity index (χ4n) is 2.86. The van der Waals surface area contributed by atoms with Crippen molar-refractivity contribution >= 4 is 5.91 Å². The van der Waals surface area contributed by atoms with Gasteiger partial charge in [0.15, 0.2) is 0 Å². The Labute approximate surface area is 127 Å². The third-order valence-electron chi connectivity index (χ3n) is 4.29. The molecule has 1 atom stereocenters. The molecule has 0 radical (unpaired) electrons. The third kappa shape index (κ3) is 3.61. The van der Waals surface area contributed by atoms with Crippen molar-refractivity contribution in [1.82, 2.24) is 10.2 Å². The SMILES string of the molecule is O=C1C[C@H](NCC2CC2)CN1Cc1ccccc1C(F)(F)F. The first-order valence-electron chi connectivity index (χ1n) is 7.60. The van der Waals surface area contributed by atoms with Crippen molar-refractivity contribution in [2.75, 3.05) is 13.1 Å². The van der Waals surface area contributed by atoms with Crippen LogP contribution in [0.3, 0.4) is 0 Å². The molecule has 1 aromatic carbocycles. The molecule has 1 aromatic rings. The fourth-order valence-corrected chi connectivity index (χ4v) is 2.86. The van der Waals surface area contributed by atoms with Crippen LogP contribution in [0.15, 0.2) is 24.3 Å². The van der Waals surface area contributed by atoms with E-state index in [0.717, 1.165) is 18.5 Å². The molecule has 1 N–H and O–H groups in total. The highest BCUT2D eigenvalue weighted by atomic mass is 19.4. The number of hydrogen-bond donors (Lipinski definition) is 1. The van der Waals surface area contributed by atoms with Gasteiger partial charge in [-0.15, -0.1) is 0 Å². The van der Waals surface area contributed by atoms with E-state index in [-0.39, 0.29) is 24.1 Å². The van der Waals surface area contributed by atoms with Crippen LogP contribution < -0.4 is 5.32 Å². The second-order valence-corrected chi connectivity index (χ2v) is 6.18. The van der Waals surface area contributed by atoms with Gasteiger partial charge in [0.2, 0.25) is 5.91 Å². The highest BCUT2D eigenvalue weighted by molar-refractivity contribution is 5.79. The first kappa shape index (κ1) is 15.3. The van der Waals surface area contributed by atoms with Gasteiger partial charge in [-0.05, 0) is 36.9 Å². The second-order valence-electron chi connectivity index (χ2n) is 6.18. The lowest BCUT2D eigenvalue weighted by Crippen LogP contribution is -2.34. The Kier molecular flexibility index (Phi) is 4.12. The number of nitrogens with one attached hydrogen (secondary N) is 1. The van der Waals surface area contributed by atoms with Crippen molar-refractivity contribution in [3.63, 3.8) is 0 Å². The Hall–Kier alpha value is -1.56. The van der Waals surface area contributed by atoms with E-state index in [1.54, 1.807) is 6.07 Å². The van der Waals surface area contributed by atoms with E-state index in [1.165, 1.54) is 29.9 Å². The highest BCUT2D eigenvalue weighted by Gasteiger charge is 2.35. The number of likely N-dealkylation sites (tertiary alicyclic amines) is 1. The van der Waals surface area contributed by atoms with Crippen LogP contribution in [0, 0.1) is 5.92 Å². The second kappa shape index (κ2) is 5.91. The van der Waals surface area contributed by atoms with Crippen molar-refractivity contribution in [2.24, 2.45) is 5.92 Å². The maximum absolute atomic E-state index is 13.0. The van der Waals surface area contributed by atoms with Gasteiger partial charge in [-0.25, -0.2) is 0 Å². The quantitative estimate of drug-likeness (QED) is 0.907. The standard InChI is InChI=1S/C16H19F3N2O/c17-16(18,19)14-4-2-1-3-12(14)9-21-10-13(7-15(21)22)20-8-11-5-6-11/h1-4,11,13,20H,5-10H2/t13-/m0/s1. The van der Waals surface area contributed by atoms with Gasteiger partial charge in [0.25, 0.3) is 0 Å². The van der Waals surface area contributed by atoms with Gasteiger partial charge in [-0.3, -0.25) is 4.79 Å². The lowest BCUT2D eigenvalue weighted by atomic mass is 10.1. The fraction of sp³-hybridized carbons (Fsp3) is 0.562. The lowest BCUT2D eigenvalue weighted by Gasteiger charge is -2.20. The predicted octanol–water partition coefficient (Wildman–Crippen LogP) is 2.81. The van der Waals surface area contributed by atoms with Gasteiger partial charge in [0.05, 0.1) is 5.56 Å². The minimum absolute atomic E-state index is 0.0239. The molecular weight excluding hydrogens is 293 g/mol. The first-order valence-corrected chi connectivity index (χ1v) is 7.60. The van der Waals surface area contributed by atoms with Crippen LogP contribution >= 0.6 is 0 Å². The monoisotopic (exact) mass is 312 g/mol. The number of nitrogens with zero attached hydrogens (tertiary/aromatic N) is 1. The van der Waals surface area contributed by atoms with Gasteiger partial charge in [0, 0.05) is 25.6 Å². The topological polar surface area (TPSA) is 32.3 Å². The first-order chi connectivity index (χ1) is 10.4. The van der Waals surface area contributed by atoms with Crippen LogP contribution in [0.25, 0.3) is 0 Å². The minimum Gasteiger partial charge on any atom is -0.337 e. The van der Waals surface area contributed by atoms with Gasteiger partial charge in [0.1, 0.15) is 0 Å². The highest BCUT2D eigenvalue weighted by Crippen LogP contribution is 2.33. The number of carbonyl (C=O) groups is 1. The van der Waals surface area contributed by atoms with Crippen molar-refractivity contribution < 1.29 is 18.0 Å². The molecule has 1 aliphatic heterocycles. The Balaban J connectivity index is 1.64. The van der Waals surface area contributed by atoms with E-state index in [9.17, 15) is 18.0 Å². The van der Waals surface area contributed by atoms with Crippen LogP contribution in [-0.2, 0) is 17.5 Å². The van der Waals surface area contributed by atoms with E-state index < -0.39 is 11.7 Å². The summed E-state index contributed by atoms with van der Waals surface area (Å²) in [5, 5.41) is 3.35. The minimum atomic E-state index is -4.39. The lowest BCUT2D eigenvalue weighted by molar-refractivity contribution is -0.139. The smallest absolute Gasteiger partial charge is 0.337 e. The summed E-state index contributed by atoms with van der Waals surface area (Å²) in [5.41, 5.74) is -0.497. The maximum atomic E-state index is 13.0. The van der Waals surface area contributed by atoms with Crippen LogP contribution in [0.5, 0.6) is 0 Å². The normalized spacial score (nSPS) is 22.4. The third-order valence-corrected chi connectivity index (χ3v) is 4.29. The van der Waals surface area contributed by atoms with E-state index in [4.69, 9.17) is 0 Å². The number of rotatable bonds is 5. The molecule has 1 saturated carbocycles. The molecule has 120 valence electrons. The molecule has 1 aliphatic carbocycles. The molecule has 2 aliphatic rings. The number of hydrogen-bond acceptors (Lipinski definition) is 2. The van der Waals surface area contributed by atoms with E-state index in [2.05, 4.69) is 5.32 Å². The summed E-state index contributed by atoms with van der Waals surface area (Å²) in [7, 11) is 0. The average molecular weight is 312 g/mol. The summed E-state index contributed by atoms with van der Waals surface area (Å²) in [5.74, 6) is 0.639. The number of benzene rings is 1. The van der Waals surface area contributed by atoms with Crippen LogP contribution in [0.2, 0.25) is 0 Å². The Bertz CT molecular complexity index is 555. The molecule has 1 amide bonds. The van der Waals surface area contributed by atoms with Crippen LogP contribution in [0.4, 0.5) is 13.2 Å². The van der Waals surface area contributed by atoms with Gasteiger partial charge in [-0.2, -0.15) is 13.2 Å². The molecule has 1 saturated heterocycles. The van der Waals surface area contributed by atoms with Gasteiger partial charge < -0.3 is 10.2 Å².